The zero-order valence-electron chi connectivity index (χ0n) is 15.8. The van der Waals surface area contributed by atoms with E-state index in [1.54, 1.807) is 18.3 Å². The Hall–Kier alpha value is -2.80. The Morgan fingerprint density at radius 2 is 2.18 bits per heavy atom. The summed E-state index contributed by atoms with van der Waals surface area (Å²) in [5, 5.41) is 7.37. The first kappa shape index (κ1) is 19.9. The van der Waals surface area contributed by atoms with Gasteiger partial charge in [0, 0.05) is 17.8 Å². The summed E-state index contributed by atoms with van der Waals surface area (Å²) in [5.41, 5.74) is 1.97. The van der Waals surface area contributed by atoms with E-state index in [0.29, 0.717) is 11.5 Å². The average Bonchev–Trinajstić information content (AvgIpc) is 3.27. The number of aromatic nitrogens is 2. The number of carbonyl (C=O) groups is 1. The SMILES string of the molecule is CCn1ncc(C(C)NC(=O)c2ccc(COc3ccc(F)cc3Cl)o2)c1C. The van der Waals surface area contributed by atoms with E-state index in [1.165, 1.54) is 18.2 Å². The van der Waals surface area contributed by atoms with E-state index >= 15 is 0 Å². The van der Waals surface area contributed by atoms with Crippen molar-refractivity contribution in [3.63, 3.8) is 0 Å². The van der Waals surface area contributed by atoms with Crippen LogP contribution in [0.2, 0.25) is 5.02 Å². The largest absolute Gasteiger partial charge is 0.484 e. The number of aryl methyl sites for hydroxylation is 1. The minimum atomic E-state index is -0.442. The van der Waals surface area contributed by atoms with E-state index in [1.807, 2.05) is 25.5 Å². The van der Waals surface area contributed by atoms with Crippen LogP contribution in [0.25, 0.3) is 0 Å². The Bertz CT molecular complexity index is 983. The van der Waals surface area contributed by atoms with Gasteiger partial charge in [-0.15, -0.1) is 0 Å². The fourth-order valence-corrected chi connectivity index (χ4v) is 3.09. The Morgan fingerprint density at radius 3 is 2.86 bits per heavy atom. The van der Waals surface area contributed by atoms with Crippen LogP contribution in [0.1, 0.15) is 47.5 Å². The fourth-order valence-electron chi connectivity index (χ4n) is 2.87. The van der Waals surface area contributed by atoms with E-state index < -0.39 is 5.82 Å². The summed E-state index contributed by atoms with van der Waals surface area (Å²) in [7, 11) is 0. The highest BCUT2D eigenvalue weighted by Crippen LogP contribution is 2.26. The quantitative estimate of drug-likeness (QED) is 0.620. The second-order valence-electron chi connectivity index (χ2n) is 6.33. The van der Waals surface area contributed by atoms with Gasteiger partial charge in [-0.1, -0.05) is 11.6 Å². The molecule has 3 rings (SSSR count). The minimum absolute atomic E-state index is 0.0660. The molecule has 0 aliphatic heterocycles. The summed E-state index contributed by atoms with van der Waals surface area (Å²) in [5.74, 6) is 0.192. The molecule has 1 atom stereocenters. The third kappa shape index (κ3) is 4.36. The molecule has 0 saturated carbocycles. The average molecular weight is 406 g/mol. The van der Waals surface area contributed by atoms with Crippen molar-refractivity contribution in [1.29, 1.82) is 0 Å². The zero-order valence-corrected chi connectivity index (χ0v) is 16.6. The third-order valence-corrected chi connectivity index (χ3v) is 4.70. The number of nitrogens with one attached hydrogen (secondary N) is 1. The molecule has 2 heterocycles. The number of halogens is 2. The predicted octanol–water partition coefficient (Wildman–Crippen LogP) is 4.67. The molecule has 0 fully saturated rings. The lowest BCUT2D eigenvalue weighted by Gasteiger charge is -2.13. The number of furan rings is 1. The molecular weight excluding hydrogens is 385 g/mol. The molecule has 0 radical (unpaired) electrons. The summed E-state index contributed by atoms with van der Waals surface area (Å²) in [6.45, 7) is 6.71. The van der Waals surface area contributed by atoms with Gasteiger partial charge in [-0.2, -0.15) is 5.10 Å². The van der Waals surface area contributed by atoms with E-state index in [9.17, 15) is 9.18 Å². The Morgan fingerprint density at radius 1 is 1.39 bits per heavy atom. The van der Waals surface area contributed by atoms with Crippen LogP contribution in [0.4, 0.5) is 4.39 Å². The Balaban J connectivity index is 1.61. The first-order valence-corrected chi connectivity index (χ1v) is 9.26. The highest BCUT2D eigenvalue weighted by atomic mass is 35.5. The number of ether oxygens (including phenoxy) is 1. The Kier molecular flexibility index (Phi) is 6.04. The number of hydrogen-bond acceptors (Lipinski definition) is 4. The second-order valence-corrected chi connectivity index (χ2v) is 6.73. The standard InChI is InChI=1S/C20H21ClFN3O3/c1-4-25-13(3)16(10-23-25)12(2)24-20(26)19-8-6-15(28-19)11-27-18-7-5-14(22)9-17(18)21/h5-10,12H,4,11H2,1-3H3,(H,24,26). The van der Waals surface area contributed by atoms with Gasteiger partial charge >= 0.3 is 0 Å². The van der Waals surface area contributed by atoms with Crippen LogP contribution in [0.5, 0.6) is 5.75 Å². The molecule has 0 aliphatic carbocycles. The molecular formula is C20H21ClFN3O3. The summed E-state index contributed by atoms with van der Waals surface area (Å²) < 4.78 is 26.0. The predicted molar refractivity (Wildman–Crippen MR) is 103 cm³/mol. The van der Waals surface area contributed by atoms with Crippen LogP contribution < -0.4 is 10.1 Å². The van der Waals surface area contributed by atoms with Gasteiger partial charge in [-0.3, -0.25) is 9.48 Å². The lowest BCUT2D eigenvalue weighted by atomic mass is 10.1. The van der Waals surface area contributed by atoms with Crippen LogP contribution in [-0.2, 0) is 13.2 Å². The Labute approximate surface area is 167 Å². The van der Waals surface area contributed by atoms with E-state index in [4.69, 9.17) is 20.8 Å². The molecule has 0 spiro atoms. The monoisotopic (exact) mass is 405 g/mol. The molecule has 1 N–H and O–H groups in total. The van der Waals surface area contributed by atoms with E-state index in [-0.39, 0.29) is 29.3 Å². The van der Waals surface area contributed by atoms with Gasteiger partial charge in [0.1, 0.15) is 23.9 Å². The molecule has 28 heavy (non-hydrogen) atoms. The minimum Gasteiger partial charge on any atom is -0.484 e. The van der Waals surface area contributed by atoms with E-state index in [2.05, 4.69) is 10.4 Å². The van der Waals surface area contributed by atoms with Crippen molar-refractivity contribution in [2.45, 2.75) is 40.0 Å². The maximum Gasteiger partial charge on any atom is 0.287 e. The number of hydrogen-bond donors (Lipinski definition) is 1. The topological polar surface area (TPSA) is 69.3 Å². The second kappa shape index (κ2) is 8.48. The smallest absolute Gasteiger partial charge is 0.287 e. The molecule has 8 heteroatoms. The maximum absolute atomic E-state index is 13.1. The van der Waals surface area contributed by atoms with Crippen LogP contribution in [0.15, 0.2) is 40.9 Å². The summed E-state index contributed by atoms with van der Waals surface area (Å²) >= 11 is 5.93. The van der Waals surface area contributed by atoms with Gasteiger partial charge in [0.25, 0.3) is 5.91 Å². The molecule has 0 saturated heterocycles. The van der Waals surface area contributed by atoms with Gasteiger partial charge in [-0.25, -0.2) is 4.39 Å². The van der Waals surface area contributed by atoms with Crippen molar-refractivity contribution in [3.05, 3.63) is 70.1 Å². The molecule has 0 aliphatic rings. The first-order valence-electron chi connectivity index (χ1n) is 8.88. The van der Waals surface area contributed by atoms with Gasteiger partial charge in [-0.05, 0) is 51.1 Å². The molecule has 148 valence electrons. The molecule has 0 bridgehead atoms. The number of benzene rings is 1. The summed E-state index contributed by atoms with van der Waals surface area (Å²) in [6.07, 6.45) is 1.76. The van der Waals surface area contributed by atoms with Crippen LogP contribution in [0, 0.1) is 12.7 Å². The maximum atomic E-state index is 13.1. The lowest BCUT2D eigenvalue weighted by molar-refractivity contribution is 0.0907. The van der Waals surface area contributed by atoms with Crippen molar-refractivity contribution in [2.75, 3.05) is 0 Å². The molecule has 3 aromatic rings. The summed E-state index contributed by atoms with van der Waals surface area (Å²) in [6, 6.07) is 6.88. The van der Waals surface area contributed by atoms with Crippen molar-refractivity contribution in [1.82, 2.24) is 15.1 Å². The van der Waals surface area contributed by atoms with Crippen molar-refractivity contribution >= 4 is 17.5 Å². The van der Waals surface area contributed by atoms with Gasteiger partial charge < -0.3 is 14.5 Å². The zero-order chi connectivity index (χ0) is 20.3. The molecule has 2 aromatic heterocycles. The molecule has 1 aromatic carbocycles. The number of rotatable bonds is 7. The highest BCUT2D eigenvalue weighted by molar-refractivity contribution is 6.32. The van der Waals surface area contributed by atoms with Crippen LogP contribution in [0.3, 0.4) is 0 Å². The molecule has 1 unspecified atom stereocenters. The normalized spacial score (nSPS) is 12.0. The molecule has 6 nitrogen and oxygen atoms in total. The lowest BCUT2D eigenvalue weighted by Crippen LogP contribution is -2.26. The number of amides is 1. The third-order valence-electron chi connectivity index (χ3n) is 4.40. The summed E-state index contributed by atoms with van der Waals surface area (Å²) in [4.78, 5) is 12.5. The van der Waals surface area contributed by atoms with Crippen molar-refractivity contribution in [3.8, 4) is 5.75 Å². The molecule has 1 amide bonds. The fraction of sp³-hybridized carbons (Fsp3) is 0.300. The van der Waals surface area contributed by atoms with Gasteiger partial charge in [0.05, 0.1) is 17.3 Å². The first-order chi connectivity index (χ1) is 13.4. The van der Waals surface area contributed by atoms with Crippen LogP contribution in [-0.4, -0.2) is 15.7 Å². The number of nitrogens with zero attached hydrogens (tertiary/aromatic N) is 2. The van der Waals surface area contributed by atoms with Gasteiger partial charge in [0.2, 0.25) is 0 Å². The van der Waals surface area contributed by atoms with E-state index in [0.717, 1.165) is 17.8 Å². The van der Waals surface area contributed by atoms with Crippen molar-refractivity contribution in [2.24, 2.45) is 0 Å². The van der Waals surface area contributed by atoms with Gasteiger partial charge in [0.15, 0.2) is 5.76 Å². The number of carbonyl (C=O) groups excluding carboxylic acids is 1. The highest BCUT2D eigenvalue weighted by Gasteiger charge is 2.18. The van der Waals surface area contributed by atoms with Crippen LogP contribution >= 0.6 is 11.6 Å². The van der Waals surface area contributed by atoms with Crippen molar-refractivity contribution < 1.29 is 18.3 Å².